The Labute approximate surface area is 120 Å². The molecular weight excluding hydrogens is 294 g/mol. The van der Waals surface area contributed by atoms with Crippen LogP contribution in [0.25, 0.3) is 0 Å². The molecule has 0 N–H and O–H groups in total. The summed E-state index contributed by atoms with van der Waals surface area (Å²) in [5.41, 5.74) is 1.42. The average Bonchev–Trinajstić information content (AvgIpc) is 2.30. The van der Waals surface area contributed by atoms with E-state index in [0.29, 0.717) is 0 Å². The predicted molar refractivity (Wildman–Crippen MR) is 68.7 cm³/mol. The minimum atomic E-state index is -1.23. The average molecular weight is 315 g/mol. The van der Waals surface area contributed by atoms with E-state index >= 15 is 0 Å². The zero-order valence-electron chi connectivity index (χ0n) is 11.2. The van der Waals surface area contributed by atoms with Crippen LogP contribution >= 0.6 is 0 Å². The molecule has 0 amide bonds. The molecule has 3 nitrogen and oxygen atoms in total. The molecule has 0 aliphatic carbocycles. The predicted octanol–water partition coefficient (Wildman–Crippen LogP) is -0.584. The highest BCUT2D eigenvalue weighted by Gasteiger charge is 2.11. The summed E-state index contributed by atoms with van der Waals surface area (Å²) in [7, 11) is 4.51. The van der Waals surface area contributed by atoms with Crippen molar-refractivity contribution in [2.24, 2.45) is 0 Å². The van der Waals surface area contributed by atoms with Crippen LogP contribution in [0.3, 0.4) is 0 Å². The Bertz CT molecular complexity index is 350. The summed E-state index contributed by atoms with van der Waals surface area (Å²) in [5.74, 6) is -1.23. The molecule has 4 heteroatoms. The van der Waals surface area contributed by atoms with Crippen LogP contribution in [0, 0.1) is 0 Å². The normalized spacial score (nSPS) is 9.50. The minimum absolute atomic E-state index is 0. The van der Waals surface area contributed by atoms with Gasteiger partial charge in [0.25, 0.3) is 0 Å². The molecule has 0 unspecified atom stereocenters. The van der Waals surface area contributed by atoms with E-state index in [-0.39, 0.29) is 17.0 Å². The first kappa shape index (κ1) is 19.2. The first-order chi connectivity index (χ1) is 7.91. The van der Waals surface area contributed by atoms with E-state index in [4.69, 9.17) is 9.90 Å². The van der Waals surface area contributed by atoms with Crippen LogP contribution in [0.5, 0.6) is 0 Å². The van der Waals surface area contributed by atoms with Crippen LogP contribution in [-0.4, -0.2) is 31.1 Å². The number of benzene rings is 1. The maximum atomic E-state index is 9.14. The fourth-order valence-electron chi connectivity index (χ4n) is 1.19. The SMILES string of the molecule is C=CC([O])=O.CC[N+](C)(C)Cc1ccccc1.[Br-]. The summed E-state index contributed by atoms with van der Waals surface area (Å²) < 4.78 is 1.06. The van der Waals surface area contributed by atoms with E-state index in [9.17, 15) is 0 Å². The zero-order valence-corrected chi connectivity index (χ0v) is 12.8. The van der Waals surface area contributed by atoms with Crippen LogP contribution < -0.4 is 17.0 Å². The van der Waals surface area contributed by atoms with Crippen LogP contribution in [0.1, 0.15) is 12.5 Å². The third-order valence-corrected chi connectivity index (χ3v) is 2.48. The lowest BCUT2D eigenvalue weighted by atomic mass is 10.2. The number of halogens is 1. The molecule has 0 aliphatic rings. The highest BCUT2D eigenvalue weighted by atomic mass is 79.9. The van der Waals surface area contributed by atoms with Crippen molar-refractivity contribution in [2.75, 3.05) is 20.6 Å². The molecule has 1 radical (unpaired) electrons. The Kier molecular flexibility index (Phi) is 10.5. The lowest BCUT2D eigenvalue weighted by Crippen LogP contribution is -3.00. The summed E-state index contributed by atoms with van der Waals surface area (Å²) in [4.78, 5) is 9.14. The molecule has 1 aromatic rings. The number of hydrogen-bond donors (Lipinski definition) is 0. The van der Waals surface area contributed by atoms with Gasteiger partial charge in [0.15, 0.2) is 0 Å². The van der Waals surface area contributed by atoms with Crippen molar-refractivity contribution >= 4 is 5.97 Å². The highest BCUT2D eigenvalue weighted by molar-refractivity contribution is 5.78. The number of carbonyl (C=O) groups excluding carboxylic acids is 1. The minimum Gasteiger partial charge on any atom is -1.00 e. The molecule has 0 saturated carbocycles. The molecule has 0 fully saturated rings. The second-order valence-electron chi connectivity index (χ2n) is 4.42. The molecule has 1 rings (SSSR count). The van der Waals surface area contributed by atoms with Crippen LogP contribution in [0.2, 0.25) is 0 Å². The van der Waals surface area contributed by atoms with Crippen molar-refractivity contribution in [2.45, 2.75) is 13.5 Å². The number of carbonyl (C=O) groups is 1. The third-order valence-electron chi connectivity index (χ3n) is 2.48. The smallest absolute Gasteiger partial charge is 0.378 e. The monoisotopic (exact) mass is 314 g/mol. The maximum absolute atomic E-state index is 9.14. The molecule has 0 heterocycles. The van der Waals surface area contributed by atoms with Crippen molar-refractivity contribution in [3.63, 3.8) is 0 Å². The van der Waals surface area contributed by atoms with Gasteiger partial charge in [-0.2, -0.15) is 0 Å². The highest BCUT2D eigenvalue weighted by Crippen LogP contribution is 2.07. The van der Waals surface area contributed by atoms with Gasteiger partial charge in [0.2, 0.25) is 0 Å². The van der Waals surface area contributed by atoms with E-state index in [2.05, 4.69) is 57.9 Å². The number of nitrogens with zero attached hydrogens (tertiary/aromatic N) is 1. The van der Waals surface area contributed by atoms with Gasteiger partial charge in [0, 0.05) is 11.6 Å². The van der Waals surface area contributed by atoms with Crippen LogP contribution in [0.4, 0.5) is 0 Å². The van der Waals surface area contributed by atoms with E-state index in [1.54, 1.807) is 0 Å². The van der Waals surface area contributed by atoms with Crippen molar-refractivity contribution < 1.29 is 31.4 Å². The Morgan fingerprint density at radius 2 is 1.72 bits per heavy atom. The summed E-state index contributed by atoms with van der Waals surface area (Å²) in [6.45, 7) is 7.42. The van der Waals surface area contributed by atoms with E-state index in [0.717, 1.165) is 17.1 Å². The van der Waals surface area contributed by atoms with Crippen LogP contribution in [0.15, 0.2) is 43.0 Å². The van der Waals surface area contributed by atoms with Gasteiger partial charge >= 0.3 is 5.97 Å². The van der Waals surface area contributed by atoms with Gasteiger partial charge in [0.1, 0.15) is 6.54 Å². The van der Waals surface area contributed by atoms with E-state index < -0.39 is 5.97 Å². The largest absolute Gasteiger partial charge is 1.00 e. The number of hydrogen-bond acceptors (Lipinski definition) is 1. The fraction of sp³-hybridized carbons (Fsp3) is 0.357. The first-order valence-electron chi connectivity index (χ1n) is 5.60. The van der Waals surface area contributed by atoms with Crippen LogP contribution in [-0.2, 0) is 16.4 Å². The molecule has 0 bridgehead atoms. The number of quaternary nitrogens is 1. The van der Waals surface area contributed by atoms with Gasteiger partial charge in [-0.25, -0.2) is 9.90 Å². The molecule has 18 heavy (non-hydrogen) atoms. The van der Waals surface area contributed by atoms with Crippen molar-refractivity contribution in [3.05, 3.63) is 48.6 Å². The quantitative estimate of drug-likeness (QED) is 0.541. The summed E-state index contributed by atoms with van der Waals surface area (Å²) in [6.07, 6.45) is 0.722. The lowest BCUT2D eigenvalue weighted by molar-refractivity contribution is -0.901. The lowest BCUT2D eigenvalue weighted by Gasteiger charge is -2.28. The maximum Gasteiger partial charge on any atom is 0.378 e. The third kappa shape index (κ3) is 10.1. The molecular formula is C14H21BrNO2. The second kappa shape index (κ2) is 9.85. The second-order valence-corrected chi connectivity index (χ2v) is 4.42. The zero-order chi connectivity index (χ0) is 13.3. The summed E-state index contributed by atoms with van der Waals surface area (Å²) >= 11 is 0. The Morgan fingerprint density at radius 3 is 2.06 bits per heavy atom. The molecule has 0 saturated heterocycles. The molecule has 1 aromatic carbocycles. The Morgan fingerprint density at radius 1 is 1.28 bits per heavy atom. The van der Waals surface area contributed by atoms with E-state index in [1.165, 1.54) is 12.1 Å². The van der Waals surface area contributed by atoms with Crippen molar-refractivity contribution in [1.29, 1.82) is 0 Å². The van der Waals surface area contributed by atoms with Crippen molar-refractivity contribution in [3.8, 4) is 0 Å². The first-order valence-corrected chi connectivity index (χ1v) is 5.60. The summed E-state index contributed by atoms with van der Waals surface area (Å²) in [5, 5.41) is 9.14. The van der Waals surface area contributed by atoms with Gasteiger partial charge in [-0.1, -0.05) is 36.9 Å². The van der Waals surface area contributed by atoms with Gasteiger partial charge < -0.3 is 21.5 Å². The molecule has 0 spiro atoms. The molecule has 101 valence electrons. The van der Waals surface area contributed by atoms with Gasteiger partial charge in [0.05, 0.1) is 20.6 Å². The molecule has 0 atom stereocenters. The number of rotatable bonds is 4. The van der Waals surface area contributed by atoms with Crippen molar-refractivity contribution in [1.82, 2.24) is 0 Å². The topological polar surface area (TPSA) is 37.0 Å². The van der Waals surface area contributed by atoms with E-state index in [1.807, 2.05) is 0 Å². The molecule has 0 aliphatic heterocycles. The Balaban J connectivity index is 0. The van der Waals surface area contributed by atoms with Gasteiger partial charge in [-0.3, -0.25) is 0 Å². The standard InChI is InChI=1S/C11H18N.C3H3O2.BrH/c1-4-12(2,3)10-11-8-6-5-7-9-11;1-2-3(4)5;/h5-9H,4,10H2,1-3H3;2H,1H2;1H/q+1;;/p-1. The Hall–Kier alpha value is -1.13. The van der Waals surface area contributed by atoms with Gasteiger partial charge in [-0.15, -0.1) is 0 Å². The molecule has 0 aromatic heterocycles. The fourth-order valence-corrected chi connectivity index (χ4v) is 1.19. The summed E-state index contributed by atoms with van der Waals surface area (Å²) in [6, 6.07) is 10.6. The van der Waals surface area contributed by atoms with Gasteiger partial charge in [-0.05, 0) is 6.92 Å².